The summed E-state index contributed by atoms with van der Waals surface area (Å²) in [6.45, 7) is 7.45. The molecule has 0 unspecified atom stereocenters. The number of nitrogens with one attached hydrogen (secondary N) is 1. The highest BCUT2D eigenvalue weighted by molar-refractivity contribution is 7.99. The van der Waals surface area contributed by atoms with E-state index >= 15 is 0 Å². The fraction of sp³-hybridized carbons (Fsp3) is 0.600. The summed E-state index contributed by atoms with van der Waals surface area (Å²) in [7, 11) is 0. The van der Waals surface area contributed by atoms with Crippen LogP contribution in [0.15, 0.2) is 35.2 Å². The van der Waals surface area contributed by atoms with E-state index in [0.717, 1.165) is 12.2 Å². The molecule has 1 N–H and O–H groups in total. The quantitative estimate of drug-likeness (QED) is 0.602. The summed E-state index contributed by atoms with van der Waals surface area (Å²) in [5.74, 6) is 1.09. The molecule has 0 bridgehead atoms. The van der Waals surface area contributed by atoms with Crippen LogP contribution in [0.3, 0.4) is 0 Å². The lowest BCUT2D eigenvalue weighted by atomic mass is 9.96. The number of carbonyl (C=O) groups excluding carboxylic acids is 2. The van der Waals surface area contributed by atoms with Gasteiger partial charge in [-0.2, -0.15) is 0 Å². The zero-order chi connectivity index (χ0) is 19.0. The number of ether oxygens (including phenoxy) is 1. The van der Waals surface area contributed by atoms with E-state index in [1.807, 2.05) is 39.0 Å². The third-order valence-corrected chi connectivity index (χ3v) is 5.25. The van der Waals surface area contributed by atoms with Crippen molar-refractivity contribution in [2.45, 2.75) is 50.5 Å². The van der Waals surface area contributed by atoms with Crippen LogP contribution in [0.25, 0.3) is 0 Å². The molecule has 0 spiro atoms. The lowest BCUT2D eigenvalue weighted by molar-refractivity contribution is -0.126. The van der Waals surface area contributed by atoms with Gasteiger partial charge in [0.1, 0.15) is 5.60 Å². The normalized spacial score (nSPS) is 15.6. The van der Waals surface area contributed by atoms with Crippen molar-refractivity contribution in [3.05, 3.63) is 30.3 Å². The number of benzene rings is 1. The minimum atomic E-state index is -0.483. The van der Waals surface area contributed by atoms with Gasteiger partial charge in [-0.05, 0) is 57.9 Å². The van der Waals surface area contributed by atoms with Crippen molar-refractivity contribution in [1.82, 2.24) is 10.2 Å². The maximum absolute atomic E-state index is 12.3. The smallest absolute Gasteiger partial charge is 0.410 e. The first kappa shape index (κ1) is 20.6. The van der Waals surface area contributed by atoms with E-state index in [9.17, 15) is 9.59 Å². The van der Waals surface area contributed by atoms with Crippen LogP contribution in [0.5, 0.6) is 0 Å². The van der Waals surface area contributed by atoms with E-state index in [1.165, 1.54) is 4.90 Å². The molecular weight excluding hydrogens is 348 g/mol. The molecule has 1 heterocycles. The second-order valence-corrected chi connectivity index (χ2v) is 8.72. The molecule has 144 valence electrons. The summed E-state index contributed by atoms with van der Waals surface area (Å²) >= 11 is 1.81. The van der Waals surface area contributed by atoms with Gasteiger partial charge in [-0.25, -0.2) is 4.79 Å². The Morgan fingerprint density at radius 3 is 2.46 bits per heavy atom. The molecular formula is C20H30N2O3S. The second kappa shape index (κ2) is 9.86. The van der Waals surface area contributed by atoms with Crippen molar-refractivity contribution in [2.24, 2.45) is 5.92 Å². The van der Waals surface area contributed by atoms with E-state index in [1.54, 1.807) is 16.7 Å². The second-order valence-electron chi connectivity index (χ2n) is 7.55. The molecule has 0 radical (unpaired) electrons. The van der Waals surface area contributed by atoms with Crippen LogP contribution >= 0.6 is 11.8 Å². The summed E-state index contributed by atoms with van der Waals surface area (Å²) in [6.07, 6.45) is 2.06. The van der Waals surface area contributed by atoms with Gasteiger partial charge >= 0.3 is 6.09 Å². The lowest BCUT2D eigenvalue weighted by Gasteiger charge is -2.32. The molecule has 1 aliphatic heterocycles. The summed E-state index contributed by atoms with van der Waals surface area (Å²) in [5, 5.41) is 3.03. The monoisotopic (exact) mass is 378 g/mol. The summed E-state index contributed by atoms with van der Waals surface area (Å²) in [6, 6.07) is 10.3. The zero-order valence-corrected chi connectivity index (χ0v) is 16.8. The van der Waals surface area contributed by atoms with Gasteiger partial charge in [0.25, 0.3) is 0 Å². The van der Waals surface area contributed by atoms with Gasteiger partial charge in [-0.1, -0.05) is 18.2 Å². The third kappa shape index (κ3) is 7.28. The van der Waals surface area contributed by atoms with Crippen LogP contribution in [-0.4, -0.2) is 47.9 Å². The molecule has 0 saturated carbocycles. The summed E-state index contributed by atoms with van der Waals surface area (Å²) in [4.78, 5) is 27.3. The Hall–Kier alpha value is -1.69. The summed E-state index contributed by atoms with van der Waals surface area (Å²) in [5.41, 5.74) is -0.483. The van der Waals surface area contributed by atoms with Crippen molar-refractivity contribution in [3.63, 3.8) is 0 Å². The van der Waals surface area contributed by atoms with E-state index in [2.05, 4.69) is 17.4 Å². The molecule has 0 atom stereocenters. The maximum atomic E-state index is 12.3. The van der Waals surface area contributed by atoms with Crippen molar-refractivity contribution in [2.75, 3.05) is 25.4 Å². The Morgan fingerprint density at radius 1 is 1.19 bits per heavy atom. The van der Waals surface area contributed by atoms with Crippen molar-refractivity contribution in [3.8, 4) is 0 Å². The van der Waals surface area contributed by atoms with Crippen LogP contribution in [0.4, 0.5) is 4.79 Å². The molecule has 26 heavy (non-hydrogen) atoms. The maximum Gasteiger partial charge on any atom is 0.410 e. The Kier molecular flexibility index (Phi) is 7.82. The van der Waals surface area contributed by atoms with E-state index in [4.69, 9.17) is 4.74 Å². The molecule has 1 saturated heterocycles. The lowest BCUT2D eigenvalue weighted by Crippen LogP contribution is -2.45. The van der Waals surface area contributed by atoms with Gasteiger partial charge in [0.15, 0.2) is 0 Å². The molecule has 1 fully saturated rings. The first-order valence-electron chi connectivity index (χ1n) is 9.28. The van der Waals surface area contributed by atoms with Crippen LogP contribution in [0, 0.1) is 5.92 Å². The van der Waals surface area contributed by atoms with Gasteiger partial charge in [-0.15, -0.1) is 11.8 Å². The fourth-order valence-electron chi connectivity index (χ4n) is 2.79. The Labute approximate surface area is 160 Å². The van der Waals surface area contributed by atoms with Crippen molar-refractivity contribution in [1.29, 1.82) is 0 Å². The minimum absolute atomic E-state index is 0.00420. The van der Waals surface area contributed by atoms with Crippen molar-refractivity contribution < 1.29 is 14.3 Å². The predicted octanol–water partition coefficient (Wildman–Crippen LogP) is 3.93. The molecule has 2 amide bonds. The number of likely N-dealkylation sites (tertiary alicyclic amines) is 1. The number of piperidine rings is 1. The minimum Gasteiger partial charge on any atom is -0.444 e. The van der Waals surface area contributed by atoms with Gasteiger partial charge in [0, 0.05) is 30.4 Å². The van der Waals surface area contributed by atoms with Crippen LogP contribution in [0.1, 0.15) is 40.0 Å². The largest absolute Gasteiger partial charge is 0.444 e. The SMILES string of the molecule is CC(C)(C)OC(=O)N1CCC(C(=O)NCCCSc2ccccc2)CC1. The number of hydrogen-bond acceptors (Lipinski definition) is 4. The highest BCUT2D eigenvalue weighted by atomic mass is 32.2. The number of carbonyl (C=O) groups is 2. The fourth-order valence-corrected chi connectivity index (χ4v) is 3.66. The zero-order valence-electron chi connectivity index (χ0n) is 16.0. The molecule has 1 aromatic carbocycles. The Morgan fingerprint density at radius 2 is 1.85 bits per heavy atom. The van der Waals surface area contributed by atoms with Gasteiger partial charge in [0.05, 0.1) is 0 Å². The number of hydrogen-bond donors (Lipinski definition) is 1. The van der Waals surface area contributed by atoms with Crippen molar-refractivity contribution >= 4 is 23.8 Å². The van der Waals surface area contributed by atoms with Gasteiger partial charge < -0.3 is 15.0 Å². The Balaban J connectivity index is 1.60. The number of thioether (sulfide) groups is 1. The van der Waals surface area contributed by atoms with Gasteiger partial charge in [-0.3, -0.25) is 4.79 Å². The van der Waals surface area contributed by atoms with E-state index in [0.29, 0.717) is 32.5 Å². The molecule has 6 heteroatoms. The van der Waals surface area contributed by atoms with E-state index in [-0.39, 0.29) is 17.9 Å². The van der Waals surface area contributed by atoms with E-state index < -0.39 is 5.60 Å². The molecule has 0 aromatic heterocycles. The number of rotatable bonds is 6. The van der Waals surface area contributed by atoms with Crippen LogP contribution < -0.4 is 5.32 Å². The highest BCUT2D eigenvalue weighted by Gasteiger charge is 2.29. The number of nitrogens with zero attached hydrogens (tertiary/aromatic N) is 1. The topological polar surface area (TPSA) is 58.6 Å². The number of amides is 2. The third-order valence-electron chi connectivity index (χ3n) is 4.15. The average molecular weight is 379 g/mol. The van der Waals surface area contributed by atoms with Gasteiger partial charge in [0.2, 0.25) is 5.91 Å². The molecule has 0 aliphatic carbocycles. The average Bonchev–Trinajstić information content (AvgIpc) is 2.61. The standard InChI is InChI=1S/C20H30N2O3S/c1-20(2,3)25-19(24)22-13-10-16(11-14-22)18(23)21-12-7-15-26-17-8-5-4-6-9-17/h4-6,8-9,16H,7,10-15H2,1-3H3,(H,21,23). The molecule has 1 aliphatic rings. The van der Waals surface area contributed by atoms with Crippen LogP contribution in [0.2, 0.25) is 0 Å². The first-order valence-corrected chi connectivity index (χ1v) is 10.3. The summed E-state index contributed by atoms with van der Waals surface area (Å²) < 4.78 is 5.39. The predicted molar refractivity (Wildman–Crippen MR) is 105 cm³/mol. The molecule has 5 nitrogen and oxygen atoms in total. The molecule has 2 rings (SSSR count). The highest BCUT2D eigenvalue weighted by Crippen LogP contribution is 2.20. The molecule has 1 aromatic rings. The Bertz CT molecular complexity index is 578. The van der Waals surface area contributed by atoms with Crippen LogP contribution in [-0.2, 0) is 9.53 Å². The first-order chi connectivity index (χ1) is 12.3.